The lowest BCUT2D eigenvalue weighted by Gasteiger charge is -2.22. The van der Waals surface area contributed by atoms with Crippen LogP contribution in [0.25, 0.3) is 10.8 Å². The maximum atomic E-state index is 13.0. The molecule has 0 radical (unpaired) electrons. The molecule has 0 bridgehead atoms. The molecular formula is C22H21N3O3S. The number of imide groups is 1. The Morgan fingerprint density at radius 2 is 1.90 bits per heavy atom. The van der Waals surface area contributed by atoms with Gasteiger partial charge in [0.15, 0.2) is 0 Å². The zero-order valence-corrected chi connectivity index (χ0v) is 16.8. The molecule has 0 aliphatic carbocycles. The maximum Gasteiger partial charge on any atom is 0.325 e. The molecule has 0 spiro atoms. The molecule has 1 aliphatic rings. The van der Waals surface area contributed by atoms with Crippen LogP contribution in [0.2, 0.25) is 0 Å². The molecule has 7 heteroatoms. The van der Waals surface area contributed by atoms with Crippen molar-refractivity contribution >= 4 is 40.0 Å². The summed E-state index contributed by atoms with van der Waals surface area (Å²) in [6, 6.07) is 16.9. The fraction of sp³-hybridized carbons (Fsp3) is 0.227. The van der Waals surface area contributed by atoms with Crippen LogP contribution >= 0.6 is 11.3 Å². The lowest BCUT2D eigenvalue weighted by molar-refractivity contribution is -0.134. The monoisotopic (exact) mass is 407 g/mol. The van der Waals surface area contributed by atoms with Gasteiger partial charge in [0.1, 0.15) is 12.1 Å². The van der Waals surface area contributed by atoms with E-state index in [9.17, 15) is 14.4 Å². The van der Waals surface area contributed by atoms with Crippen LogP contribution in [0.15, 0.2) is 60.0 Å². The molecule has 1 atom stereocenters. The Balaban J connectivity index is 1.45. The first-order chi connectivity index (χ1) is 14.0. The molecule has 6 nitrogen and oxygen atoms in total. The second-order valence-corrected chi connectivity index (χ2v) is 8.22. The molecule has 1 fully saturated rings. The van der Waals surface area contributed by atoms with Crippen LogP contribution in [0.3, 0.4) is 0 Å². The molecule has 29 heavy (non-hydrogen) atoms. The lowest BCUT2D eigenvalue weighted by Crippen LogP contribution is -2.43. The van der Waals surface area contributed by atoms with Crippen LogP contribution in [0.1, 0.15) is 17.4 Å². The van der Waals surface area contributed by atoms with E-state index >= 15 is 0 Å². The van der Waals surface area contributed by atoms with Crippen molar-refractivity contribution in [1.29, 1.82) is 0 Å². The van der Waals surface area contributed by atoms with Gasteiger partial charge in [-0.2, -0.15) is 0 Å². The Bertz CT molecular complexity index is 1080. The third kappa shape index (κ3) is 3.73. The largest absolute Gasteiger partial charge is 0.354 e. The van der Waals surface area contributed by atoms with Crippen molar-refractivity contribution in [1.82, 2.24) is 15.5 Å². The van der Waals surface area contributed by atoms with Crippen LogP contribution in [0, 0.1) is 0 Å². The number of nitrogens with zero attached hydrogens (tertiary/aromatic N) is 1. The van der Waals surface area contributed by atoms with Gasteiger partial charge in [0.05, 0.1) is 0 Å². The van der Waals surface area contributed by atoms with Crippen LogP contribution in [0.5, 0.6) is 0 Å². The van der Waals surface area contributed by atoms with E-state index in [-0.39, 0.29) is 12.5 Å². The number of nitrogens with one attached hydrogen (secondary N) is 2. The number of urea groups is 1. The van der Waals surface area contributed by atoms with Crippen molar-refractivity contribution < 1.29 is 14.4 Å². The van der Waals surface area contributed by atoms with Crippen LogP contribution in [-0.2, 0) is 21.5 Å². The molecule has 3 aromatic rings. The van der Waals surface area contributed by atoms with E-state index in [0.29, 0.717) is 12.1 Å². The second-order valence-electron chi connectivity index (χ2n) is 7.19. The number of rotatable bonds is 6. The van der Waals surface area contributed by atoms with Gasteiger partial charge in [-0.05, 0) is 47.2 Å². The number of thiophene rings is 1. The highest BCUT2D eigenvalue weighted by atomic mass is 32.1. The summed E-state index contributed by atoms with van der Waals surface area (Å²) in [6.07, 6.45) is 0.721. The van der Waals surface area contributed by atoms with Crippen molar-refractivity contribution in [3.05, 3.63) is 70.4 Å². The van der Waals surface area contributed by atoms with Crippen molar-refractivity contribution in [2.45, 2.75) is 18.9 Å². The van der Waals surface area contributed by atoms with E-state index in [1.165, 1.54) is 4.88 Å². The van der Waals surface area contributed by atoms with E-state index < -0.39 is 17.5 Å². The number of fused-ring (bicyclic) bond motifs is 1. The Morgan fingerprint density at radius 1 is 1.10 bits per heavy atom. The molecular weight excluding hydrogens is 386 g/mol. The first kappa shape index (κ1) is 19.1. The van der Waals surface area contributed by atoms with Crippen molar-refractivity contribution in [2.24, 2.45) is 0 Å². The summed E-state index contributed by atoms with van der Waals surface area (Å²) in [5.74, 6) is -0.779. The lowest BCUT2D eigenvalue weighted by atomic mass is 9.90. The first-order valence-electron chi connectivity index (χ1n) is 9.40. The predicted molar refractivity (Wildman–Crippen MR) is 113 cm³/mol. The van der Waals surface area contributed by atoms with Gasteiger partial charge in [0, 0.05) is 11.4 Å². The topological polar surface area (TPSA) is 78.5 Å². The zero-order valence-electron chi connectivity index (χ0n) is 16.0. The van der Waals surface area contributed by atoms with Gasteiger partial charge in [0.25, 0.3) is 5.91 Å². The van der Waals surface area contributed by atoms with Crippen molar-refractivity contribution in [2.75, 3.05) is 13.1 Å². The average Bonchev–Trinajstić information content (AvgIpc) is 3.31. The summed E-state index contributed by atoms with van der Waals surface area (Å²) in [5, 5.41) is 9.55. The second kappa shape index (κ2) is 7.67. The van der Waals surface area contributed by atoms with Gasteiger partial charge in [-0.25, -0.2) is 4.79 Å². The summed E-state index contributed by atoms with van der Waals surface area (Å²) in [7, 11) is 0. The van der Waals surface area contributed by atoms with Crippen molar-refractivity contribution in [3.8, 4) is 0 Å². The number of carbonyl (C=O) groups is 3. The minimum absolute atomic E-state index is 0.293. The molecule has 2 aromatic carbocycles. The third-order valence-electron chi connectivity index (χ3n) is 5.18. The first-order valence-corrected chi connectivity index (χ1v) is 10.3. The van der Waals surface area contributed by atoms with E-state index in [2.05, 4.69) is 10.6 Å². The Labute approximate surface area is 172 Å². The molecule has 0 unspecified atom stereocenters. The average molecular weight is 407 g/mol. The van der Waals surface area contributed by atoms with Crippen molar-refractivity contribution in [3.63, 3.8) is 0 Å². The summed E-state index contributed by atoms with van der Waals surface area (Å²) in [6.45, 7) is 1.84. The minimum atomic E-state index is -1.20. The van der Waals surface area contributed by atoms with E-state index in [1.54, 1.807) is 18.3 Å². The highest BCUT2D eigenvalue weighted by Crippen LogP contribution is 2.30. The standard InChI is InChI=1S/C22H21N3O3S/c1-22(17-9-8-15-5-2-3-6-16(15)13-17)20(27)25(21(28)24-22)14-19(26)23-11-10-18-7-4-12-29-18/h2-9,12-13H,10-11,14H2,1H3,(H,23,26)(H,24,28)/t22-/m1/s1. The molecule has 2 N–H and O–H groups in total. The SMILES string of the molecule is C[C@]1(c2ccc3ccccc3c2)NC(=O)N(CC(=O)NCCc2cccs2)C1=O. The Morgan fingerprint density at radius 3 is 2.66 bits per heavy atom. The van der Waals surface area contributed by atoms with E-state index in [1.807, 2.05) is 60.0 Å². The van der Waals surface area contributed by atoms with Gasteiger partial charge in [-0.1, -0.05) is 42.5 Å². The normalized spacial score (nSPS) is 18.9. The smallest absolute Gasteiger partial charge is 0.325 e. The molecule has 4 rings (SSSR count). The quantitative estimate of drug-likeness (QED) is 0.617. The molecule has 1 aliphatic heterocycles. The van der Waals surface area contributed by atoms with Gasteiger partial charge >= 0.3 is 6.03 Å². The zero-order chi connectivity index (χ0) is 20.4. The minimum Gasteiger partial charge on any atom is -0.354 e. The molecule has 1 aromatic heterocycles. The van der Waals surface area contributed by atoms with Gasteiger partial charge < -0.3 is 10.6 Å². The molecule has 1 saturated heterocycles. The Kier molecular flexibility index (Phi) is 5.07. The summed E-state index contributed by atoms with van der Waals surface area (Å²) >= 11 is 1.63. The summed E-state index contributed by atoms with van der Waals surface area (Å²) in [4.78, 5) is 39.9. The van der Waals surface area contributed by atoms with E-state index in [4.69, 9.17) is 0 Å². The number of hydrogen-bond acceptors (Lipinski definition) is 4. The third-order valence-corrected chi connectivity index (χ3v) is 6.11. The Hall–Kier alpha value is -3.19. The summed E-state index contributed by atoms with van der Waals surface area (Å²) in [5.41, 5.74) is -0.506. The highest BCUT2D eigenvalue weighted by molar-refractivity contribution is 7.09. The fourth-order valence-electron chi connectivity index (χ4n) is 3.52. The van der Waals surface area contributed by atoms with Crippen LogP contribution < -0.4 is 10.6 Å². The predicted octanol–water partition coefficient (Wildman–Crippen LogP) is 3.03. The van der Waals surface area contributed by atoms with Gasteiger partial charge in [0.2, 0.25) is 5.91 Å². The number of benzene rings is 2. The fourth-order valence-corrected chi connectivity index (χ4v) is 4.22. The van der Waals surface area contributed by atoms with Crippen LogP contribution in [0.4, 0.5) is 4.79 Å². The molecule has 2 heterocycles. The van der Waals surface area contributed by atoms with Crippen LogP contribution in [-0.4, -0.2) is 35.8 Å². The van der Waals surface area contributed by atoms with Gasteiger partial charge in [-0.15, -0.1) is 11.3 Å². The maximum absolute atomic E-state index is 13.0. The number of hydrogen-bond donors (Lipinski definition) is 2. The van der Waals surface area contributed by atoms with E-state index in [0.717, 1.165) is 22.1 Å². The molecule has 4 amide bonds. The summed E-state index contributed by atoms with van der Waals surface area (Å²) < 4.78 is 0. The highest BCUT2D eigenvalue weighted by Gasteiger charge is 2.49. The number of carbonyl (C=O) groups excluding carboxylic acids is 3. The molecule has 0 saturated carbocycles. The van der Waals surface area contributed by atoms with Gasteiger partial charge in [-0.3, -0.25) is 14.5 Å². The number of amides is 4. The molecule has 148 valence electrons.